The van der Waals surface area contributed by atoms with Gasteiger partial charge in [0.25, 0.3) is 5.91 Å². The number of amides is 1. The fraction of sp³-hybridized carbons (Fsp3) is 0.273. The third-order valence-electron chi connectivity index (χ3n) is 4.77. The molecule has 0 aliphatic heterocycles. The summed E-state index contributed by atoms with van der Waals surface area (Å²) in [6.45, 7) is 0.520. The largest absolute Gasteiger partial charge is 0.481 e. The van der Waals surface area contributed by atoms with Crippen molar-refractivity contribution in [2.24, 2.45) is 0 Å². The molecule has 0 radical (unpaired) electrons. The number of anilines is 2. The van der Waals surface area contributed by atoms with E-state index in [1.807, 2.05) is 0 Å². The number of unbranched alkanes of at least 4 members (excludes halogenated alkanes) is 2. The van der Waals surface area contributed by atoms with E-state index < -0.39 is 29.4 Å². The minimum atomic E-state index is -4.85. The average Bonchev–Trinajstić information content (AvgIpc) is 3.24. The van der Waals surface area contributed by atoms with E-state index in [-0.39, 0.29) is 33.4 Å². The van der Waals surface area contributed by atoms with Gasteiger partial charge >= 0.3 is 12.1 Å². The Bertz CT molecular complexity index is 1220. The molecule has 0 saturated carbocycles. The molecule has 0 spiro atoms. The van der Waals surface area contributed by atoms with Crippen LogP contribution in [0.1, 0.15) is 41.6 Å². The third kappa shape index (κ3) is 7.12. The van der Waals surface area contributed by atoms with Crippen LogP contribution in [-0.2, 0) is 11.0 Å². The van der Waals surface area contributed by atoms with Crippen LogP contribution in [0.3, 0.4) is 0 Å². The number of carbonyl (C=O) groups is 2. The van der Waals surface area contributed by atoms with Crippen molar-refractivity contribution in [1.82, 2.24) is 9.97 Å². The summed E-state index contributed by atoms with van der Waals surface area (Å²) in [4.78, 5) is 31.2. The quantitative estimate of drug-likeness (QED) is 0.209. The van der Waals surface area contributed by atoms with Gasteiger partial charge < -0.3 is 10.4 Å². The molecule has 0 unspecified atom stereocenters. The molecule has 0 fully saturated rings. The van der Waals surface area contributed by atoms with Gasteiger partial charge in [0, 0.05) is 30.1 Å². The van der Waals surface area contributed by atoms with E-state index in [4.69, 9.17) is 16.7 Å². The number of carboxylic acids is 1. The van der Waals surface area contributed by atoms with E-state index >= 15 is 0 Å². The van der Waals surface area contributed by atoms with Crippen molar-refractivity contribution in [3.8, 4) is 11.3 Å². The van der Waals surface area contributed by atoms with Crippen LogP contribution in [0.4, 0.5) is 28.5 Å². The lowest BCUT2D eigenvalue weighted by molar-refractivity contribution is -0.140. The second-order valence-corrected chi connectivity index (χ2v) is 8.61. The van der Waals surface area contributed by atoms with Gasteiger partial charge in [-0.25, -0.2) is 14.4 Å². The topological polar surface area (TPSA) is 104 Å². The van der Waals surface area contributed by atoms with E-state index in [1.54, 1.807) is 0 Å². The molecule has 186 valence electrons. The molecule has 7 nitrogen and oxygen atoms in total. The van der Waals surface area contributed by atoms with Gasteiger partial charge in [-0.05, 0) is 31.0 Å². The molecule has 3 rings (SSSR count). The van der Waals surface area contributed by atoms with Crippen molar-refractivity contribution in [1.29, 1.82) is 0 Å². The van der Waals surface area contributed by atoms with Crippen LogP contribution in [0, 0.1) is 5.82 Å². The van der Waals surface area contributed by atoms with Crippen LogP contribution in [0.5, 0.6) is 0 Å². The first-order valence-electron chi connectivity index (χ1n) is 10.3. The standard InChI is InChI=1S/C22H19ClF4N4O3S/c23-15-9-12(10-29-19(15)28-8-3-1-2-7-17(32)33)20(34)31-21-30-16(11-35-21)13-5-4-6-14(18(13)24)22(25,26)27/h4-6,9-11H,1-3,7-8H2,(H,28,29)(H,32,33)(H,30,31,34). The van der Waals surface area contributed by atoms with Crippen LogP contribution in [0.15, 0.2) is 35.8 Å². The van der Waals surface area contributed by atoms with E-state index in [1.165, 1.54) is 23.7 Å². The molecule has 35 heavy (non-hydrogen) atoms. The Morgan fingerprint density at radius 3 is 2.63 bits per heavy atom. The molecule has 0 aliphatic rings. The summed E-state index contributed by atoms with van der Waals surface area (Å²) < 4.78 is 53.2. The van der Waals surface area contributed by atoms with Crippen molar-refractivity contribution in [2.75, 3.05) is 17.2 Å². The van der Waals surface area contributed by atoms with Gasteiger partial charge in [-0.15, -0.1) is 11.3 Å². The molecule has 0 saturated heterocycles. The number of hydrogen-bond donors (Lipinski definition) is 3. The number of pyridine rings is 1. The average molecular weight is 531 g/mol. The second kappa shape index (κ2) is 11.5. The number of aromatic nitrogens is 2. The number of alkyl halides is 3. The minimum absolute atomic E-state index is 0.0482. The second-order valence-electron chi connectivity index (χ2n) is 7.34. The minimum Gasteiger partial charge on any atom is -0.481 e. The molecule has 2 heterocycles. The predicted octanol–water partition coefficient (Wildman–Crippen LogP) is 6.33. The first-order chi connectivity index (χ1) is 16.6. The highest BCUT2D eigenvalue weighted by atomic mass is 35.5. The molecule has 2 aromatic heterocycles. The molecule has 3 N–H and O–H groups in total. The Labute approximate surface area is 206 Å². The van der Waals surface area contributed by atoms with Gasteiger partial charge in [-0.1, -0.05) is 24.1 Å². The molecule has 3 aromatic rings. The molecule has 13 heteroatoms. The van der Waals surface area contributed by atoms with E-state index in [9.17, 15) is 27.2 Å². The number of nitrogens with one attached hydrogen (secondary N) is 2. The number of hydrogen-bond acceptors (Lipinski definition) is 6. The van der Waals surface area contributed by atoms with Crippen molar-refractivity contribution >= 4 is 45.8 Å². The smallest absolute Gasteiger partial charge is 0.419 e. The zero-order valence-corrected chi connectivity index (χ0v) is 19.5. The number of benzene rings is 1. The summed E-state index contributed by atoms with van der Waals surface area (Å²) in [6.07, 6.45) is -1.45. The van der Waals surface area contributed by atoms with Crippen LogP contribution < -0.4 is 10.6 Å². The number of nitrogens with zero attached hydrogens (tertiary/aromatic N) is 2. The SMILES string of the molecule is O=C(O)CCCCCNc1ncc(C(=O)Nc2nc(-c3cccc(C(F)(F)F)c3F)cs2)cc1Cl. The highest BCUT2D eigenvalue weighted by Gasteiger charge is 2.35. The van der Waals surface area contributed by atoms with Crippen molar-refractivity contribution in [3.05, 3.63) is 57.8 Å². The van der Waals surface area contributed by atoms with Crippen LogP contribution >= 0.6 is 22.9 Å². The summed E-state index contributed by atoms with van der Waals surface area (Å²) in [5, 5.41) is 15.7. The maximum atomic E-state index is 14.4. The highest BCUT2D eigenvalue weighted by molar-refractivity contribution is 7.14. The van der Waals surface area contributed by atoms with Crippen molar-refractivity contribution in [3.63, 3.8) is 0 Å². The number of rotatable bonds is 10. The summed E-state index contributed by atoms with van der Waals surface area (Å²) in [5.74, 6) is -2.53. The zero-order chi connectivity index (χ0) is 25.6. The van der Waals surface area contributed by atoms with Gasteiger partial charge in [-0.3, -0.25) is 14.9 Å². The van der Waals surface area contributed by atoms with Crippen molar-refractivity contribution in [2.45, 2.75) is 31.9 Å². The molecule has 0 atom stereocenters. The molecular formula is C22H19ClF4N4O3S. The molecule has 0 bridgehead atoms. The van der Waals surface area contributed by atoms with E-state index in [0.29, 0.717) is 31.3 Å². The van der Waals surface area contributed by atoms with Gasteiger partial charge in [0.05, 0.1) is 21.8 Å². The Morgan fingerprint density at radius 2 is 1.94 bits per heavy atom. The molecular weight excluding hydrogens is 512 g/mol. The number of carboxylic acid groups (broad SMARTS) is 1. The Hall–Kier alpha value is -3.25. The lowest BCUT2D eigenvalue weighted by atomic mass is 10.1. The number of aliphatic carboxylic acids is 1. The molecule has 0 aliphatic carbocycles. The summed E-state index contributed by atoms with van der Waals surface area (Å²) >= 11 is 7.10. The lowest BCUT2D eigenvalue weighted by Crippen LogP contribution is -2.13. The fourth-order valence-electron chi connectivity index (χ4n) is 3.05. The fourth-order valence-corrected chi connectivity index (χ4v) is 3.99. The number of thiazole rings is 1. The van der Waals surface area contributed by atoms with Crippen molar-refractivity contribution < 1.29 is 32.3 Å². The van der Waals surface area contributed by atoms with E-state index in [0.717, 1.165) is 23.8 Å². The van der Waals surface area contributed by atoms with Gasteiger partial charge in [0.2, 0.25) is 0 Å². The van der Waals surface area contributed by atoms with E-state index in [2.05, 4.69) is 20.6 Å². The first-order valence-corrected chi connectivity index (χ1v) is 11.6. The highest BCUT2D eigenvalue weighted by Crippen LogP contribution is 2.36. The normalized spacial score (nSPS) is 11.3. The summed E-state index contributed by atoms with van der Waals surface area (Å²) in [6, 6.07) is 4.28. The third-order valence-corrected chi connectivity index (χ3v) is 5.81. The number of halogens is 5. The number of carbonyl (C=O) groups excluding carboxylic acids is 1. The van der Waals surface area contributed by atoms with Crippen LogP contribution in [0.2, 0.25) is 5.02 Å². The Kier molecular flexibility index (Phi) is 8.62. The zero-order valence-electron chi connectivity index (χ0n) is 18.0. The lowest BCUT2D eigenvalue weighted by Gasteiger charge is -2.10. The Balaban J connectivity index is 1.61. The van der Waals surface area contributed by atoms with Crippen LogP contribution in [0.25, 0.3) is 11.3 Å². The molecule has 1 aromatic carbocycles. The van der Waals surface area contributed by atoms with Crippen LogP contribution in [-0.4, -0.2) is 33.5 Å². The summed E-state index contributed by atoms with van der Waals surface area (Å²) in [7, 11) is 0. The Morgan fingerprint density at radius 1 is 1.17 bits per heavy atom. The molecule has 1 amide bonds. The van der Waals surface area contributed by atoms with Gasteiger partial charge in [-0.2, -0.15) is 13.2 Å². The van der Waals surface area contributed by atoms with Gasteiger partial charge in [0.15, 0.2) is 5.13 Å². The monoisotopic (exact) mass is 530 g/mol. The maximum Gasteiger partial charge on any atom is 0.419 e. The maximum absolute atomic E-state index is 14.4. The first kappa shape index (κ1) is 26.4. The predicted molar refractivity (Wildman–Crippen MR) is 124 cm³/mol. The summed E-state index contributed by atoms with van der Waals surface area (Å²) in [5.41, 5.74) is -1.67. The van der Waals surface area contributed by atoms with Gasteiger partial charge in [0.1, 0.15) is 11.6 Å².